The number of nitrogens with two attached hydrogens (primary N) is 1. The predicted octanol–water partition coefficient (Wildman–Crippen LogP) is 2.48. The van der Waals surface area contributed by atoms with Crippen molar-refractivity contribution in [2.45, 2.75) is 50.7 Å². The predicted molar refractivity (Wildman–Crippen MR) is 110 cm³/mol. The van der Waals surface area contributed by atoms with Gasteiger partial charge in [0.05, 0.1) is 30.0 Å². The van der Waals surface area contributed by atoms with Crippen molar-refractivity contribution in [2.75, 3.05) is 6.54 Å². The van der Waals surface area contributed by atoms with Crippen LogP contribution >= 0.6 is 0 Å². The van der Waals surface area contributed by atoms with Crippen LogP contribution in [0.1, 0.15) is 49.4 Å². The maximum Gasteiger partial charge on any atom is 0.393 e. The summed E-state index contributed by atoms with van der Waals surface area (Å²) in [5.74, 6) is -2.80. The summed E-state index contributed by atoms with van der Waals surface area (Å²) in [7, 11) is 0. The van der Waals surface area contributed by atoms with Crippen molar-refractivity contribution in [3.05, 3.63) is 29.7 Å². The molecule has 3 heterocycles. The van der Waals surface area contributed by atoms with Gasteiger partial charge < -0.3 is 16.2 Å². The summed E-state index contributed by atoms with van der Waals surface area (Å²) in [6.45, 7) is -0.626. The topological polar surface area (TPSA) is 123 Å². The summed E-state index contributed by atoms with van der Waals surface area (Å²) in [6.07, 6.45) is 2.02. The van der Waals surface area contributed by atoms with E-state index >= 15 is 0 Å². The fourth-order valence-corrected chi connectivity index (χ4v) is 5.29. The van der Waals surface area contributed by atoms with E-state index in [1.54, 1.807) is 12.3 Å². The lowest BCUT2D eigenvalue weighted by Crippen LogP contribution is -2.57. The van der Waals surface area contributed by atoms with Gasteiger partial charge in [-0.25, -0.2) is 9.50 Å². The Balaban J connectivity index is 1.42. The number of nitrogens with one attached hydrogen (secondary N) is 1. The number of carboxylic acids is 1. The maximum atomic E-state index is 13.3. The Morgan fingerprint density at radius 2 is 1.97 bits per heavy atom. The lowest BCUT2D eigenvalue weighted by atomic mass is 9.71. The van der Waals surface area contributed by atoms with Crippen LogP contribution in [0, 0.1) is 29.1 Å². The largest absolute Gasteiger partial charge is 0.480 e. The number of imidazole rings is 1. The molecule has 5 rings (SSSR count). The van der Waals surface area contributed by atoms with E-state index in [0.717, 1.165) is 0 Å². The van der Waals surface area contributed by atoms with Crippen molar-refractivity contribution in [2.24, 2.45) is 34.8 Å². The summed E-state index contributed by atoms with van der Waals surface area (Å²) >= 11 is 0. The van der Waals surface area contributed by atoms with E-state index in [2.05, 4.69) is 15.4 Å². The van der Waals surface area contributed by atoms with E-state index in [1.165, 1.54) is 36.4 Å². The molecule has 1 aliphatic heterocycles. The van der Waals surface area contributed by atoms with E-state index in [4.69, 9.17) is 5.73 Å². The number of alkyl halides is 3. The third kappa shape index (κ3) is 4.07. The standard InChI is InChI=1S/C22H26F3N5O3/c23-22(24,25)14-7-21(20(32)33,19(31)27-9-14)6-11-5-16-29-15(10-30(16)28-8-11)18(26)17(12-1-2-12)13-3-4-13/h5,8,10,12-14,17-18H,1-4,6-7,9,26H2,(H,27,31)(H,32,33)/t14-,18-,21?/m1/s1. The van der Waals surface area contributed by atoms with Crippen LogP contribution in [-0.2, 0) is 16.0 Å². The first-order valence-corrected chi connectivity index (χ1v) is 11.3. The SMILES string of the molecule is N[C@H](c1cn2ncc(CC3(C(=O)O)C[C@@H](C(F)(F)F)CNC3=O)cc2n1)C(C1CC1)C1CC1. The lowest BCUT2D eigenvalue weighted by molar-refractivity contribution is -0.194. The molecule has 0 aromatic carbocycles. The molecule has 3 aliphatic rings. The molecule has 2 aromatic heterocycles. The number of aromatic nitrogens is 3. The van der Waals surface area contributed by atoms with Crippen LogP contribution in [0.4, 0.5) is 13.2 Å². The molecule has 0 bridgehead atoms. The molecular formula is C22H26F3N5O3. The van der Waals surface area contributed by atoms with Crippen molar-refractivity contribution >= 4 is 17.5 Å². The van der Waals surface area contributed by atoms with Crippen LogP contribution in [0.3, 0.4) is 0 Å². The third-order valence-corrected chi connectivity index (χ3v) is 7.40. The van der Waals surface area contributed by atoms with E-state index in [1.807, 2.05) is 0 Å². The zero-order valence-electron chi connectivity index (χ0n) is 17.9. The number of hydrogen-bond acceptors (Lipinski definition) is 5. The highest BCUT2D eigenvalue weighted by Gasteiger charge is 2.56. The highest BCUT2D eigenvalue weighted by Crippen LogP contribution is 2.53. The number of halogens is 3. The zero-order valence-corrected chi connectivity index (χ0v) is 17.9. The first-order chi connectivity index (χ1) is 15.6. The van der Waals surface area contributed by atoms with Crippen LogP contribution in [0.25, 0.3) is 5.65 Å². The van der Waals surface area contributed by atoms with Gasteiger partial charge >= 0.3 is 12.1 Å². The molecule has 0 radical (unpaired) electrons. The number of carboxylic acid groups (broad SMARTS) is 1. The van der Waals surface area contributed by atoms with Gasteiger partial charge in [0.1, 0.15) is 0 Å². The molecule has 8 nitrogen and oxygen atoms in total. The summed E-state index contributed by atoms with van der Waals surface area (Å²) in [4.78, 5) is 29.1. The lowest BCUT2D eigenvalue weighted by Gasteiger charge is -2.37. The maximum absolute atomic E-state index is 13.3. The van der Waals surface area contributed by atoms with Crippen LogP contribution in [0.15, 0.2) is 18.5 Å². The van der Waals surface area contributed by atoms with Gasteiger partial charge in [-0.3, -0.25) is 9.59 Å². The Morgan fingerprint density at radius 3 is 2.55 bits per heavy atom. The molecule has 1 saturated heterocycles. The van der Waals surface area contributed by atoms with Crippen molar-refractivity contribution in [3.63, 3.8) is 0 Å². The van der Waals surface area contributed by atoms with Gasteiger partial charge in [-0.15, -0.1) is 0 Å². The normalized spacial score (nSPS) is 27.1. The molecule has 33 heavy (non-hydrogen) atoms. The Morgan fingerprint density at radius 1 is 1.30 bits per heavy atom. The van der Waals surface area contributed by atoms with E-state index < -0.39 is 48.8 Å². The van der Waals surface area contributed by atoms with Gasteiger partial charge in [-0.1, -0.05) is 0 Å². The molecular weight excluding hydrogens is 439 g/mol. The quantitative estimate of drug-likeness (QED) is 0.540. The molecule has 2 aromatic rings. The molecule has 1 amide bonds. The Bertz CT molecular complexity index is 1080. The van der Waals surface area contributed by atoms with Gasteiger partial charge in [0.15, 0.2) is 11.1 Å². The fourth-order valence-electron chi connectivity index (χ4n) is 5.29. The average molecular weight is 465 g/mol. The number of aliphatic carboxylic acids is 1. The summed E-state index contributed by atoms with van der Waals surface area (Å²) < 4.78 is 41.4. The van der Waals surface area contributed by atoms with E-state index in [9.17, 15) is 27.9 Å². The Labute approximate surface area is 187 Å². The highest BCUT2D eigenvalue weighted by molar-refractivity contribution is 6.02. The number of fused-ring (bicyclic) bond motifs is 1. The fraction of sp³-hybridized carbons (Fsp3) is 0.636. The Kier molecular flexibility index (Phi) is 5.15. The molecule has 11 heteroatoms. The highest BCUT2D eigenvalue weighted by atomic mass is 19.4. The monoisotopic (exact) mass is 465 g/mol. The summed E-state index contributed by atoms with van der Waals surface area (Å²) in [5, 5.41) is 16.2. The number of carbonyl (C=O) groups excluding carboxylic acids is 1. The van der Waals surface area contributed by atoms with Crippen molar-refractivity contribution in [1.29, 1.82) is 0 Å². The molecule has 4 N–H and O–H groups in total. The van der Waals surface area contributed by atoms with Gasteiger partial charge in [-0.2, -0.15) is 18.3 Å². The second kappa shape index (κ2) is 7.68. The van der Waals surface area contributed by atoms with E-state index in [-0.39, 0.29) is 6.04 Å². The van der Waals surface area contributed by atoms with Crippen molar-refractivity contribution in [3.8, 4) is 0 Å². The third-order valence-electron chi connectivity index (χ3n) is 7.40. The van der Waals surface area contributed by atoms with Crippen LogP contribution < -0.4 is 11.1 Å². The van der Waals surface area contributed by atoms with Gasteiger partial charge in [0, 0.05) is 6.54 Å². The molecule has 3 atom stereocenters. The van der Waals surface area contributed by atoms with E-state index in [0.29, 0.717) is 34.7 Å². The minimum absolute atomic E-state index is 0.225. The minimum atomic E-state index is -4.61. The number of amides is 1. The number of rotatable bonds is 7. The number of piperidine rings is 1. The van der Waals surface area contributed by atoms with Gasteiger partial charge in [0.25, 0.3) is 0 Å². The molecule has 178 valence electrons. The first-order valence-electron chi connectivity index (χ1n) is 11.3. The van der Waals surface area contributed by atoms with Crippen molar-refractivity contribution < 1.29 is 27.9 Å². The van der Waals surface area contributed by atoms with Gasteiger partial charge in [0.2, 0.25) is 5.91 Å². The molecule has 2 saturated carbocycles. The summed E-state index contributed by atoms with van der Waals surface area (Å²) in [6, 6.07) is 1.35. The second-order valence-corrected chi connectivity index (χ2v) is 9.83. The smallest absolute Gasteiger partial charge is 0.393 e. The summed E-state index contributed by atoms with van der Waals surface area (Å²) in [5.41, 5.74) is 5.79. The minimum Gasteiger partial charge on any atom is -0.480 e. The molecule has 1 unspecified atom stereocenters. The second-order valence-electron chi connectivity index (χ2n) is 9.83. The van der Waals surface area contributed by atoms with Crippen LogP contribution in [0.2, 0.25) is 0 Å². The molecule has 3 fully saturated rings. The zero-order chi connectivity index (χ0) is 23.5. The average Bonchev–Trinajstić information content (AvgIpc) is 3.68. The van der Waals surface area contributed by atoms with Crippen molar-refractivity contribution in [1.82, 2.24) is 19.9 Å². The van der Waals surface area contributed by atoms with Gasteiger partial charge in [-0.05, 0) is 67.9 Å². The Hall–Kier alpha value is -2.69. The number of hydrogen-bond donors (Lipinski definition) is 3. The number of nitrogens with zero attached hydrogens (tertiary/aromatic N) is 3. The molecule has 0 spiro atoms. The van der Waals surface area contributed by atoms with Crippen LogP contribution in [-0.4, -0.2) is 44.3 Å². The first kappa shape index (κ1) is 22.1. The molecule has 2 aliphatic carbocycles. The van der Waals surface area contributed by atoms with Crippen LogP contribution in [0.5, 0.6) is 0 Å². The number of carbonyl (C=O) groups is 2.